The van der Waals surface area contributed by atoms with Crippen molar-refractivity contribution in [3.05, 3.63) is 15.9 Å². The van der Waals surface area contributed by atoms with Gasteiger partial charge in [0.15, 0.2) is 0 Å². The zero-order chi connectivity index (χ0) is 13.0. The lowest BCUT2D eigenvalue weighted by molar-refractivity contribution is -0.128. The van der Waals surface area contributed by atoms with Crippen LogP contribution in [0.5, 0.6) is 0 Å². The number of carbonyl (C=O) groups excluding carboxylic acids is 1. The minimum atomic E-state index is 0.0995. The Morgan fingerprint density at radius 1 is 1.59 bits per heavy atom. The molecule has 0 aliphatic carbocycles. The average Bonchev–Trinajstić information content (AvgIpc) is 2.54. The summed E-state index contributed by atoms with van der Waals surface area (Å²) >= 11 is 3.49. The fourth-order valence-corrected chi connectivity index (χ4v) is 1.95. The van der Waals surface area contributed by atoms with Crippen LogP contribution in [-0.2, 0) is 18.4 Å². The van der Waals surface area contributed by atoms with Gasteiger partial charge < -0.3 is 10.2 Å². The molecule has 1 aromatic rings. The predicted molar refractivity (Wildman–Crippen MR) is 70.7 cm³/mol. The van der Waals surface area contributed by atoms with Crippen molar-refractivity contribution >= 4 is 21.8 Å². The van der Waals surface area contributed by atoms with Crippen LogP contribution in [0.15, 0.2) is 4.47 Å². The Hall–Kier alpha value is -0.880. The molecule has 0 unspecified atom stereocenters. The molecule has 0 spiro atoms. The molecule has 0 saturated carbocycles. The van der Waals surface area contributed by atoms with Gasteiger partial charge in [0, 0.05) is 27.2 Å². The van der Waals surface area contributed by atoms with E-state index in [2.05, 4.69) is 26.3 Å². The third-order valence-corrected chi connectivity index (χ3v) is 3.76. The van der Waals surface area contributed by atoms with Gasteiger partial charge in [-0.15, -0.1) is 0 Å². The van der Waals surface area contributed by atoms with E-state index in [0.717, 1.165) is 22.4 Å². The van der Waals surface area contributed by atoms with Gasteiger partial charge in [0.1, 0.15) is 0 Å². The lowest BCUT2D eigenvalue weighted by atomic mass is 10.3. The Labute approximate surface area is 110 Å². The van der Waals surface area contributed by atoms with Gasteiger partial charge in [-0.25, -0.2) is 0 Å². The molecule has 1 heterocycles. The molecule has 6 heteroatoms. The molecule has 0 aliphatic rings. The van der Waals surface area contributed by atoms with E-state index in [-0.39, 0.29) is 5.91 Å². The van der Waals surface area contributed by atoms with Crippen LogP contribution < -0.4 is 5.32 Å². The maximum atomic E-state index is 11.6. The average molecular weight is 303 g/mol. The summed E-state index contributed by atoms with van der Waals surface area (Å²) in [4.78, 5) is 13.3. The minimum absolute atomic E-state index is 0.0995. The van der Waals surface area contributed by atoms with E-state index in [0.29, 0.717) is 13.1 Å². The second-order valence-corrected chi connectivity index (χ2v) is 4.77. The number of amides is 1. The molecule has 0 fully saturated rings. The smallest absolute Gasteiger partial charge is 0.236 e. The first-order chi connectivity index (χ1) is 7.97. The molecule has 1 N–H and O–H groups in total. The van der Waals surface area contributed by atoms with Crippen LogP contribution in [0.1, 0.15) is 18.3 Å². The predicted octanol–water partition coefficient (Wildman–Crippen LogP) is 1.06. The number of carbonyl (C=O) groups is 1. The van der Waals surface area contributed by atoms with Crippen LogP contribution in [0, 0.1) is 6.92 Å². The molecule has 17 heavy (non-hydrogen) atoms. The van der Waals surface area contributed by atoms with E-state index in [1.54, 1.807) is 11.9 Å². The zero-order valence-corrected chi connectivity index (χ0v) is 12.3. The highest BCUT2D eigenvalue weighted by atomic mass is 79.9. The SMILES string of the molecule is CCN(C)C(=O)CNCc1c(Br)c(C)nn1C. The number of nitrogens with one attached hydrogen (secondary N) is 1. The van der Waals surface area contributed by atoms with E-state index < -0.39 is 0 Å². The van der Waals surface area contributed by atoms with Gasteiger partial charge >= 0.3 is 0 Å². The number of likely N-dealkylation sites (N-methyl/N-ethyl adjacent to an activating group) is 1. The summed E-state index contributed by atoms with van der Waals surface area (Å²) in [5.41, 5.74) is 2.01. The van der Waals surface area contributed by atoms with Gasteiger partial charge in [0.05, 0.1) is 22.4 Å². The summed E-state index contributed by atoms with van der Waals surface area (Å²) in [5, 5.41) is 7.42. The molecule has 0 atom stereocenters. The van der Waals surface area contributed by atoms with E-state index in [9.17, 15) is 4.79 Å². The van der Waals surface area contributed by atoms with E-state index in [1.807, 2.05) is 25.6 Å². The number of halogens is 1. The van der Waals surface area contributed by atoms with Crippen LogP contribution in [0.2, 0.25) is 0 Å². The fraction of sp³-hybridized carbons (Fsp3) is 0.636. The molecule has 0 aromatic carbocycles. The number of rotatable bonds is 5. The van der Waals surface area contributed by atoms with Gasteiger partial charge in [-0.05, 0) is 29.8 Å². The van der Waals surface area contributed by atoms with Crippen LogP contribution in [0.4, 0.5) is 0 Å². The lowest BCUT2D eigenvalue weighted by Crippen LogP contribution is -2.35. The third-order valence-electron chi connectivity index (χ3n) is 2.73. The summed E-state index contributed by atoms with van der Waals surface area (Å²) in [6, 6.07) is 0. The standard InChI is InChI=1S/C11H19BrN4O/c1-5-15(3)10(17)7-13-6-9-11(12)8(2)14-16(9)4/h13H,5-7H2,1-4H3. The number of hydrogen-bond acceptors (Lipinski definition) is 3. The molecule has 1 rings (SSSR count). The normalized spacial score (nSPS) is 10.6. The van der Waals surface area contributed by atoms with Gasteiger partial charge in [-0.2, -0.15) is 5.10 Å². The largest absolute Gasteiger partial charge is 0.345 e. The first-order valence-corrected chi connectivity index (χ1v) is 6.39. The number of hydrogen-bond donors (Lipinski definition) is 1. The zero-order valence-electron chi connectivity index (χ0n) is 10.7. The van der Waals surface area contributed by atoms with Gasteiger partial charge in [0.25, 0.3) is 0 Å². The van der Waals surface area contributed by atoms with Crippen molar-refractivity contribution in [3.63, 3.8) is 0 Å². The highest BCUT2D eigenvalue weighted by Crippen LogP contribution is 2.19. The summed E-state index contributed by atoms with van der Waals surface area (Å²) in [7, 11) is 3.70. The Kier molecular flexibility index (Phi) is 5.14. The van der Waals surface area contributed by atoms with Crippen LogP contribution in [0.25, 0.3) is 0 Å². The lowest BCUT2D eigenvalue weighted by Gasteiger charge is -2.14. The molecule has 5 nitrogen and oxygen atoms in total. The highest BCUT2D eigenvalue weighted by Gasteiger charge is 2.11. The van der Waals surface area contributed by atoms with Crippen molar-refractivity contribution in [1.82, 2.24) is 20.0 Å². The van der Waals surface area contributed by atoms with Crippen molar-refractivity contribution in [3.8, 4) is 0 Å². The molecule has 1 aromatic heterocycles. The van der Waals surface area contributed by atoms with Gasteiger partial charge in [0.2, 0.25) is 5.91 Å². The molecule has 0 bridgehead atoms. The summed E-state index contributed by atoms with van der Waals surface area (Å²) < 4.78 is 2.82. The van der Waals surface area contributed by atoms with E-state index in [4.69, 9.17) is 0 Å². The van der Waals surface area contributed by atoms with Gasteiger partial charge in [-0.1, -0.05) is 0 Å². The van der Waals surface area contributed by atoms with Gasteiger partial charge in [-0.3, -0.25) is 9.48 Å². The molecular weight excluding hydrogens is 284 g/mol. The quantitative estimate of drug-likeness (QED) is 0.885. The Morgan fingerprint density at radius 2 is 2.24 bits per heavy atom. The van der Waals surface area contributed by atoms with Crippen LogP contribution in [-0.4, -0.2) is 40.7 Å². The maximum Gasteiger partial charge on any atom is 0.236 e. The molecule has 0 aliphatic heterocycles. The van der Waals surface area contributed by atoms with E-state index >= 15 is 0 Å². The summed E-state index contributed by atoms with van der Waals surface area (Å²) in [5.74, 6) is 0.0995. The molecule has 0 radical (unpaired) electrons. The monoisotopic (exact) mass is 302 g/mol. The first-order valence-electron chi connectivity index (χ1n) is 5.60. The number of aryl methyl sites for hydroxylation is 2. The van der Waals surface area contributed by atoms with Crippen molar-refractivity contribution in [1.29, 1.82) is 0 Å². The van der Waals surface area contributed by atoms with E-state index in [1.165, 1.54) is 0 Å². The van der Waals surface area contributed by atoms with Crippen LogP contribution in [0.3, 0.4) is 0 Å². The molecule has 0 saturated heterocycles. The minimum Gasteiger partial charge on any atom is -0.345 e. The van der Waals surface area contributed by atoms with Crippen molar-refractivity contribution in [2.75, 3.05) is 20.1 Å². The van der Waals surface area contributed by atoms with Crippen molar-refractivity contribution in [2.45, 2.75) is 20.4 Å². The Balaban J connectivity index is 2.49. The second-order valence-electron chi connectivity index (χ2n) is 3.98. The summed E-state index contributed by atoms with van der Waals surface area (Å²) in [6.45, 7) is 5.61. The first kappa shape index (κ1) is 14.2. The fourth-order valence-electron chi connectivity index (χ4n) is 1.47. The maximum absolute atomic E-state index is 11.6. The Morgan fingerprint density at radius 3 is 2.71 bits per heavy atom. The van der Waals surface area contributed by atoms with Crippen molar-refractivity contribution < 1.29 is 4.79 Å². The topological polar surface area (TPSA) is 50.2 Å². The second kappa shape index (κ2) is 6.16. The van der Waals surface area contributed by atoms with Crippen LogP contribution >= 0.6 is 15.9 Å². The van der Waals surface area contributed by atoms with Crippen molar-refractivity contribution in [2.24, 2.45) is 7.05 Å². The summed E-state index contributed by atoms with van der Waals surface area (Å²) in [6.07, 6.45) is 0. The Bertz CT molecular complexity index is 402. The number of nitrogens with zero attached hydrogens (tertiary/aromatic N) is 3. The molecular formula is C11H19BrN4O. The number of aromatic nitrogens is 2. The molecule has 96 valence electrons. The molecule has 1 amide bonds. The third kappa shape index (κ3) is 3.54. The highest BCUT2D eigenvalue weighted by molar-refractivity contribution is 9.10.